The molecule has 9 heteroatoms. The van der Waals surface area contributed by atoms with Gasteiger partial charge in [-0.1, -0.05) is 28.9 Å². The lowest BCUT2D eigenvalue weighted by Gasteiger charge is -2.37. The zero-order chi connectivity index (χ0) is 28.1. The number of methoxy groups -OCH3 is 3. The summed E-state index contributed by atoms with van der Waals surface area (Å²) in [6.45, 7) is 4.23. The second kappa shape index (κ2) is 13.0. The van der Waals surface area contributed by atoms with Gasteiger partial charge in [0.1, 0.15) is 12.4 Å². The third-order valence-corrected chi connectivity index (χ3v) is 8.45. The second-order valence-electron chi connectivity index (χ2n) is 9.35. The van der Waals surface area contributed by atoms with E-state index < -0.39 is 11.9 Å². The number of nitrogens with one attached hydrogen (secondary N) is 1. The number of halogens is 1. The van der Waals surface area contributed by atoms with E-state index in [9.17, 15) is 9.59 Å². The van der Waals surface area contributed by atoms with Crippen LogP contribution in [0, 0.1) is 0 Å². The molecule has 0 spiro atoms. The van der Waals surface area contributed by atoms with Gasteiger partial charge in [-0.2, -0.15) is 11.8 Å². The van der Waals surface area contributed by atoms with Crippen LogP contribution in [0.25, 0.3) is 0 Å². The van der Waals surface area contributed by atoms with Crippen LogP contribution < -0.4 is 19.5 Å². The predicted molar refractivity (Wildman–Crippen MR) is 157 cm³/mol. The number of rotatable bonds is 10. The number of Topliss-reactive ketones (excluding diaryl/α,β-unsaturated/α-hetero) is 1. The smallest absolute Gasteiger partial charge is 0.336 e. The Balaban J connectivity index is 1.77. The van der Waals surface area contributed by atoms with E-state index in [0.717, 1.165) is 27.0 Å². The third-order valence-electron chi connectivity index (χ3n) is 7.09. The number of benzene rings is 2. The molecular weight excluding hydrogens is 582 g/mol. The van der Waals surface area contributed by atoms with Gasteiger partial charge < -0.3 is 24.3 Å². The maximum absolute atomic E-state index is 13.9. The average Bonchev–Trinajstić information content (AvgIpc) is 2.93. The molecule has 1 N–H and O–H groups in total. The molecule has 1 heterocycles. The number of ketones is 1. The van der Waals surface area contributed by atoms with Crippen molar-refractivity contribution < 1.29 is 28.5 Å². The summed E-state index contributed by atoms with van der Waals surface area (Å²) in [4.78, 5) is 27.4. The Morgan fingerprint density at radius 2 is 1.74 bits per heavy atom. The van der Waals surface area contributed by atoms with Crippen molar-refractivity contribution in [1.29, 1.82) is 0 Å². The predicted octanol–water partition coefficient (Wildman–Crippen LogP) is 6.13. The molecule has 2 aliphatic rings. The standard InChI is InChI=1S/C30H34BrNO6S/c1-6-39-12-11-38-30(34)27-17(2)32-22-13-19(18-7-9-25(36-4)26(15-18)37-5)14-23(33)29(22)28(27)21-16-20(31)8-10-24(21)35-3/h7-10,15-16,19,28,32H,6,11-14H2,1-5H3/t19-,28+/m1/s1. The van der Waals surface area contributed by atoms with Crippen LogP contribution >= 0.6 is 27.7 Å². The molecule has 1 aliphatic heterocycles. The molecule has 208 valence electrons. The molecule has 2 aromatic rings. The lowest BCUT2D eigenvalue weighted by atomic mass is 9.71. The fraction of sp³-hybridized carbons (Fsp3) is 0.400. The molecule has 0 radical (unpaired) electrons. The summed E-state index contributed by atoms with van der Waals surface area (Å²) in [5.41, 5.74) is 4.25. The molecule has 1 aliphatic carbocycles. The van der Waals surface area contributed by atoms with E-state index in [4.69, 9.17) is 18.9 Å². The number of carbonyl (C=O) groups excluding carboxylic acids is 2. The molecule has 2 aromatic carbocycles. The first-order valence-corrected chi connectivity index (χ1v) is 14.8. The van der Waals surface area contributed by atoms with Gasteiger partial charge in [-0.05, 0) is 60.9 Å². The van der Waals surface area contributed by atoms with Gasteiger partial charge >= 0.3 is 5.97 Å². The molecule has 0 aromatic heterocycles. The number of esters is 1. The van der Waals surface area contributed by atoms with Crippen LogP contribution in [0.2, 0.25) is 0 Å². The summed E-state index contributed by atoms with van der Waals surface area (Å²) in [6, 6.07) is 11.4. The van der Waals surface area contributed by atoms with E-state index in [0.29, 0.717) is 59.3 Å². The summed E-state index contributed by atoms with van der Waals surface area (Å²) in [5.74, 6) is 2.42. The largest absolute Gasteiger partial charge is 0.496 e. The van der Waals surface area contributed by atoms with Crippen molar-refractivity contribution in [2.24, 2.45) is 0 Å². The van der Waals surface area contributed by atoms with E-state index >= 15 is 0 Å². The minimum atomic E-state index is -0.612. The molecule has 0 bridgehead atoms. The Morgan fingerprint density at radius 3 is 2.44 bits per heavy atom. The average molecular weight is 617 g/mol. The molecule has 0 saturated heterocycles. The lowest BCUT2D eigenvalue weighted by molar-refractivity contribution is -0.138. The number of hydrogen-bond acceptors (Lipinski definition) is 8. The van der Waals surface area contributed by atoms with Gasteiger partial charge in [0.25, 0.3) is 0 Å². The van der Waals surface area contributed by atoms with Crippen molar-refractivity contribution in [3.63, 3.8) is 0 Å². The Bertz CT molecular complexity index is 1320. The van der Waals surface area contributed by atoms with Gasteiger partial charge in [-0.3, -0.25) is 4.79 Å². The molecule has 2 atom stereocenters. The van der Waals surface area contributed by atoms with Crippen LogP contribution in [-0.4, -0.2) is 51.2 Å². The number of ether oxygens (including phenoxy) is 4. The highest BCUT2D eigenvalue weighted by atomic mass is 79.9. The Morgan fingerprint density at radius 1 is 1.03 bits per heavy atom. The van der Waals surface area contributed by atoms with Gasteiger partial charge in [0, 0.05) is 39.2 Å². The Labute approximate surface area is 242 Å². The lowest BCUT2D eigenvalue weighted by Crippen LogP contribution is -2.36. The van der Waals surface area contributed by atoms with Gasteiger partial charge in [-0.25, -0.2) is 4.79 Å². The van der Waals surface area contributed by atoms with Crippen molar-refractivity contribution in [2.45, 2.75) is 38.5 Å². The van der Waals surface area contributed by atoms with Gasteiger partial charge in [0.05, 0.1) is 32.8 Å². The van der Waals surface area contributed by atoms with Crippen LogP contribution in [0.1, 0.15) is 49.7 Å². The first-order chi connectivity index (χ1) is 18.8. The topological polar surface area (TPSA) is 83.1 Å². The monoisotopic (exact) mass is 615 g/mol. The summed E-state index contributed by atoms with van der Waals surface area (Å²) >= 11 is 5.27. The van der Waals surface area contributed by atoms with Gasteiger partial charge in [-0.15, -0.1) is 0 Å². The Kier molecular flexibility index (Phi) is 9.67. The first kappa shape index (κ1) is 29.1. The maximum Gasteiger partial charge on any atom is 0.336 e. The number of hydrogen-bond donors (Lipinski definition) is 1. The van der Waals surface area contributed by atoms with E-state index in [1.807, 2.05) is 43.3 Å². The van der Waals surface area contributed by atoms with E-state index in [1.54, 1.807) is 33.1 Å². The van der Waals surface area contributed by atoms with E-state index in [-0.39, 0.29) is 11.7 Å². The first-order valence-electron chi connectivity index (χ1n) is 12.9. The van der Waals surface area contributed by atoms with Gasteiger partial charge in [0.15, 0.2) is 17.3 Å². The zero-order valence-electron chi connectivity index (χ0n) is 22.9. The van der Waals surface area contributed by atoms with Crippen LogP contribution in [0.4, 0.5) is 0 Å². The molecule has 0 unspecified atom stereocenters. The van der Waals surface area contributed by atoms with Crippen molar-refractivity contribution in [1.82, 2.24) is 5.32 Å². The third kappa shape index (κ3) is 6.14. The molecule has 0 amide bonds. The Hall–Kier alpha value is -2.91. The van der Waals surface area contributed by atoms with Crippen LogP contribution in [0.5, 0.6) is 17.2 Å². The fourth-order valence-electron chi connectivity index (χ4n) is 5.31. The quantitative estimate of drug-likeness (QED) is 0.252. The van der Waals surface area contributed by atoms with Crippen molar-refractivity contribution in [3.05, 3.63) is 74.5 Å². The molecule has 0 fully saturated rings. The van der Waals surface area contributed by atoms with E-state index in [2.05, 4.69) is 28.2 Å². The van der Waals surface area contributed by atoms with Crippen molar-refractivity contribution in [2.75, 3.05) is 39.4 Å². The molecule has 0 saturated carbocycles. The number of allylic oxidation sites excluding steroid dienone is 3. The molecule has 7 nitrogen and oxygen atoms in total. The molecule has 4 rings (SSSR count). The summed E-state index contributed by atoms with van der Waals surface area (Å²) in [6.07, 6.45) is 0.910. The van der Waals surface area contributed by atoms with E-state index in [1.165, 1.54) is 0 Å². The minimum Gasteiger partial charge on any atom is -0.496 e. The van der Waals surface area contributed by atoms with Crippen molar-refractivity contribution >= 4 is 39.4 Å². The number of dihydropyridines is 1. The number of carbonyl (C=O) groups is 2. The fourth-order valence-corrected chi connectivity index (χ4v) is 6.18. The highest BCUT2D eigenvalue weighted by molar-refractivity contribution is 9.10. The second-order valence-corrected chi connectivity index (χ2v) is 11.7. The number of thioether (sulfide) groups is 1. The molecular formula is C30H34BrNO6S. The van der Waals surface area contributed by atoms with Crippen molar-refractivity contribution in [3.8, 4) is 17.2 Å². The molecule has 39 heavy (non-hydrogen) atoms. The summed E-state index contributed by atoms with van der Waals surface area (Å²) < 4.78 is 23.1. The highest BCUT2D eigenvalue weighted by Gasteiger charge is 2.42. The summed E-state index contributed by atoms with van der Waals surface area (Å²) in [7, 11) is 4.79. The zero-order valence-corrected chi connectivity index (χ0v) is 25.3. The highest BCUT2D eigenvalue weighted by Crippen LogP contribution is 2.48. The maximum atomic E-state index is 13.9. The minimum absolute atomic E-state index is 0.0186. The summed E-state index contributed by atoms with van der Waals surface area (Å²) in [5, 5.41) is 3.41. The van der Waals surface area contributed by atoms with Crippen LogP contribution in [-0.2, 0) is 14.3 Å². The van der Waals surface area contributed by atoms with Crippen LogP contribution in [0.3, 0.4) is 0 Å². The van der Waals surface area contributed by atoms with Crippen LogP contribution in [0.15, 0.2) is 63.4 Å². The SMILES string of the molecule is CCSCCOC(=O)C1=C(C)NC2=C(C(=O)C[C@H](c3ccc(OC)c(OC)c3)C2)[C@H]1c1cc(Br)ccc1OC. The normalized spacial score (nSPS) is 18.9. The van der Waals surface area contributed by atoms with Gasteiger partial charge in [0.2, 0.25) is 0 Å².